The Kier molecular flexibility index (Phi) is 3.75. The summed E-state index contributed by atoms with van der Waals surface area (Å²) in [6.07, 6.45) is 1.43. The number of hydrogen-bond acceptors (Lipinski definition) is 4. The van der Waals surface area contributed by atoms with E-state index in [1.165, 1.54) is 6.26 Å². The number of nitrogen functional groups attached to an aromatic ring is 1. The second-order valence-electron chi connectivity index (χ2n) is 4.98. The minimum Gasteiger partial charge on any atom is -0.452 e. The van der Waals surface area contributed by atoms with E-state index in [4.69, 9.17) is 21.8 Å². The van der Waals surface area contributed by atoms with E-state index in [1.807, 2.05) is 24.3 Å². The topological polar surface area (TPSA) is 62.7 Å². The van der Waals surface area contributed by atoms with Crippen LogP contribution in [-0.4, -0.2) is 37.0 Å². The summed E-state index contributed by atoms with van der Waals surface area (Å²) >= 11 is 5.86. The summed E-state index contributed by atoms with van der Waals surface area (Å²) < 4.78 is 4.97. The Morgan fingerprint density at radius 3 is 2.33 bits per heavy atom. The van der Waals surface area contributed by atoms with Gasteiger partial charge in [-0.2, -0.15) is 0 Å². The van der Waals surface area contributed by atoms with E-state index < -0.39 is 0 Å². The highest BCUT2D eigenvalue weighted by Crippen LogP contribution is 2.21. The molecule has 1 amide bonds. The lowest BCUT2D eigenvalue weighted by Crippen LogP contribution is -2.48. The number of halogens is 1. The molecule has 110 valence electrons. The number of nitrogens with two attached hydrogens (primary N) is 1. The van der Waals surface area contributed by atoms with E-state index in [-0.39, 0.29) is 11.1 Å². The van der Waals surface area contributed by atoms with Crippen LogP contribution < -0.4 is 10.6 Å². The maximum atomic E-state index is 12.3. The van der Waals surface area contributed by atoms with Crippen molar-refractivity contribution in [3.8, 4) is 0 Å². The third-order valence-electron chi connectivity index (χ3n) is 3.67. The van der Waals surface area contributed by atoms with Gasteiger partial charge < -0.3 is 20.0 Å². The van der Waals surface area contributed by atoms with Gasteiger partial charge in [-0.15, -0.1) is 0 Å². The molecule has 1 aliphatic rings. The van der Waals surface area contributed by atoms with E-state index >= 15 is 0 Å². The second kappa shape index (κ2) is 5.69. The first-order chi connectivity index (χ1) is 10.1. The van der Waals surface area contributed by atoms with Gasteiger partial charge in [-0.05, 0) is 41.9 Å². The lowest BCUT2D eigenvalue weighted by Gasteiger charge is -2.36. The van der Waals surface area contributed by atoms with Crippen molar-refractivity contribution in [2.45, 2.75) is 0 Å². The molecule has 2 N–H and O–H groups in total. The molecule has 1 fully saturated rings. The molecule has 0 unspecified atom stereocenters. The van der Waals surface area contributed by atoms with Crippen molar-refractivity contribution in [2.24, 2.45) is 0 Å². The van der Waals surface area contributed by atoms with Crippen LogP contribution in [0.1, 0.15) is 10.4 Å². The first kappa shape index (κ1) is 13.8. The Balaban J connectivity index is 1.64. The summed E-state index contributed by atoms with van der Waals surface area (Å²) in [6.45, 7) is 2.88. The molecule has 0 radical (unpaired) electrons. The number of rotatable bonds is 2. The molecule has 21 heavy (non-hydrogen) atoms. The van der Waals surface area contributed by atoms with Crippen LogP contribution in [0.25, 0.3) is 0 Å². The van der Waals surface area contributed by atoms with Crippen molar-refractivity contribution in [1.29, 1.82) is 0 Å². The standard InChI is InChI=1S/C15H16ClN3O2/c16-14-13(5-10-21-14)15(20)19-8-6-18(7-9-19)12-3-1-11(17)2-4-12/h1-5,10H,6-9,17H2. The Morgan fingerprint density at radius 2 is 1.76 bits per heavy atom. The Morgan fingerprint density at radius 1 is 1.10 bits per heavy atom. The summed E-state index contributed by atoms with van der Waals surface area (Å²) in [5, 5.41) is 0.154. The average Bonchev–Trinajstić information content (AvgIpc) is 2.94. The molecular weight excluding hydrogens is 290 g/mol. The molecule has 2 heterocycles. The molecule has 6 heteroatoms. The fourth-order valence-corrected chi connectivity index (χ4v) is 2.66. The first-order valence-corrected chi connectivity index (χ1v) is 7.16. The summed E-state index contributed by atoms with van der Waals surface area (Å²) in [7, 11) is 0. The molecule has 5 nitrogen and oxygen atoms in total. The van der Waals surface area contributed by atoms with Gasteiger partial charge >= 0.3 is 0 Å². The quantitative estimate of drug-likeness (QED) is 0.866. The van der Waals surface area contributed by atoms with Crippen LogP contribution in [0.4, 0.5) is 11.4 Å². The van der Waals surface area contributed by atoms with Crippen molar-refractivity contribution >= 4 is 28.9 Å². The van der Waals surface area contributed by atoms with Crippen molar-refractivity contribution in [1.82, 2.24) is 4.90 Å². The van der Waals surface area contributed by atoms with Crippen molar-refractivity contribution in [3.63, 3.8) is 0 Å². The van der Waals surface area contributed by atoms with Crippen LogP contribution in [0.5, 0.6) is 0 Å². The van der Waals surface area contributed by atoms with Crippen LogP contribution in [0, 0.1) is 0 Å². The Labute approximate surface area is 127 Å². The normalized spacial score (nSPS) is 15.3. The van der Waals surface area contributed by atoms with Crippen molar-refractivity contribution in [2.75, 3.05) is 36.8 Å². The van der Waals surface area contributed by atoms with E-state index in [0.717, 1.165) is 24.5 Å². The number of hydrogen-bond donors (Lipinski definition) is 1. The zero-order valence-corrected chi connectivity index (χ0v) is 12.2. The molecule has 2 aromatic rings. The SMILES string of the molecule is Nc1ccc(N2CCN(C(=O)c3ccoc3Cl)CC2)cc1. The summed E-state index contributed by atoms with van der Waals surface area (Å²) in [5.74, 6) is -0.0780. The lowest BCUT2D eigenvalue weighted by atomic mass is 10.2. The maximum Gasteiger partial charge on any atom is 0.258 e. The number of benzene rings is 1. The number of nitrogens with zero attached hydrogens (tertiary/aromatic N) is 2. The molecule has 3 rings (SSSR count). The Hall–Kier alpha value is -2.14. The van der Waals surface area contributed by atoms with E-state index in [2.05, 4.69) is 4.90 Å². The van der Waals surface area contributed by atoms with Gasteiger partial charge in [0, 0.05) is 37.6 Å². The number of carbonyl (C=O) groups excluding carboxylic acids is 1. The van der Waals surface area contributed by atoms with Gasteiger partial charge in [0.15, 0.2) is 0 Å². The Bertz CT molecular complexity index is 631. The zero-order valence-electron chi connectivity index (χ0n) is 11.5. The molecule has 0 saturated carbocycles. The van der Waals surface area contributed by atoms with Crippen LogP contribution >= 0.6 is 11.6 Å². The van der Waals surface area contributed by atoms with Gasteiger partial charge in [-0.1, -0.05) is 0 Å². The van der Waals surface area contributed by atoms with E-state index in [1.54, 1.807) is 11.0 Å². The number of furan rings is 1. The zero-order chi connectivity index (χ0) is 14.8. The minimum atomic E-state index is -0.0780. The monoisotopic (exact) mass is 305 g/mol. The fourth-order valence-electron chi connectivity index (χ4n) is 2.47. The average molecular weight is 306 g/mol. The largest absolute Gasteiger partial charge is 0.452 e. The van der Waals surface area contributed by atoms with Crippen LogP contribution in [0.3, 0.4) is 0 Å². The van der Waals surface area contributed by atoms with E-state index in [9.17, 15) is 4.79 Å². The van der Waals surface area contributed by atoms with Crippen LogP contribution in [-0.2, 0) is 0 Å². The highest BCUT2D eigenvalue weighted by atomic mass is 35.5. The number of anilines is 2. The van der Waals surface area contributed by atoms with E-state index in [0.29, 0.717) is 18.7 Å². The van der Waals surface area contributed by atoms with Gasteiger partial charge in [0.05, 0.1) is 11.8 Å². The molecule has 0 atom stereocenters. The van der Waals surface area contributed by atoms with Gasteiger partial charge in [0.1, 0.15) is 0 Å². The third kappa shape index (κ3) is 2.83. The highest BCUT2D eigenvalue weighted by Gasteiger charge is 2.24. The smallest absolute Gasteiger partial charge is 0.258 e. The molecule has 0 spiro atoms. The molecule has 0 aliphatic carbocycles. The van der Waals surface area contributed by atoms with Crippen LogP contribution in [0.15, 0.2) is 41.0 Å². The van der Waals surface area contributed by atoms with Crippen molar-refractivity contribution in [3.05, 3.63) is 47.4 Å². The number of piperazine rings is 1. The van der Waals surface area contributed by atoms with Crippen LogP contribution in [0.2, 0.25) is 5.22 Å². The molecule has 1 aliphatic heterocycles. The van der Waals surface area contributed by atoms with Gasteiger partial charge in [0.2, 0.25) is 5.22 Å². The van der Waals surface area contributed by atoms with Crippen molar-refractivity contribution < 1.29 is 9.21 Å². The highest BCUT2D eigenvalue weighted by molar-refractivity contribution is 6.32. The number of amides is 1. The first-order valence-electron chi connectivity index (χ1n) is 6.78. The molecule has 1 aromatic heterocycles. The third-order valence-corrected chi connectivity index (χ3v) is 3.97. The van der Waals surface area contributed by atoms with Gasteiger partial charge in [-0.3, -0.25) is 4.79 Å². The summed E-state index contributed by atoms with van der Waals surface area (Å²) in [6, 6.07) is 9.38. The molecular formula is C15H16ClN3O2. The predicted octanol–water partition coefficient (Wildman–Crippen LogP) is 2.48. The lowest BCUT2D eigenvalue weighted by molar-refractivity contribution is 0.0746. The van der Waals surface area contributed by atoms with Gasteiger partial charge in [0.25, 0.3) is 5.91 Å². The summed E-state index contributed by atoms with van der Waals surface area (Å²) in [5.41, 5.74) is 8.00. The number of carbonyl (C=O) groups is 1. The molecule has 0 bridgehead atoms. The molecule has 1 saturated heterocycles. The minimum absolute atomic E-state index is 0.0780. The molecule has 1 aromatic carbocycles. The summed E-state index contributed by atoms with van der Waals surface area (Å²) in [4.78, 5) is 16.3. The maximum absolute atomic E-state index is 12.3. The second-order valence-corrected chi connectivity index (χ2v) is 5.32. The predicted molar refractivity (Wildman–Crippen MR) is 82.7 cm³/mol. The van der Waals surface area contributed by atoms with Gasteiger partial charge in [-0.25, -0.2) is 0 Å². The fraction of sp³-hybridized carbons (Fsp3) is 0.267.